The van der Waals surface area contributed by atoms with Crippen LogP contribution in [0.4, 0.5) is 0 Å². The van der Waals surface area contributed by atoms with Crippen molar-refractivity contribution in [3.05, 3.63) is 34.3 Å². The van der Waals surface area contributed by atoms with Crippen LogP contribution >= 0.6 is 15.9 Å². The highest BCUT2D eigenvalue weighted by molar-refractivity contribution is 9.10. The Morgan fingerprint density at radius 2 is 2.10 bits per heavy atom. The fourth-order valence-corrected chi connectivity index (χ4v) is 2.87. The van der Waals surface area contributed by atoms with Crippen molar-refractivity contribution in [1.29, 1.82) is 0 Å². The molecule has 1 aliphatic heterocycles. The molecule has 21 heavy (non-hydrogen) atoms. The molecule has 7 heteroatoms. The van der Waals surface area contributed by atoms with Gasteiger partial charge in [-0.25, -0.2) is 0 Å². The molecule has 0 aliphatic carbocycles. The normalized spacial score (nSPS) is 17.7. The van der Waals surface area contributed by atoms with Crippen LogP contribution in [0.1, 0.15) is 23.2 Å². The molecular formula is C14H19BrN4O2. The largest absolute Gasteiger partial charge is 0.409 e. The summed E-state index contributed by atoms with van der Waals surface area (Å²) in [5.41, 5.74) is 6.14. The number of hydrogen-bond acceptors (Lipinski definition) is 4. The number of oxime groups is 1. The molecule has 1 aliphatic rings. The SMILES string of the molecule is NC(CN1CCC(NC(=O)c2ccccc2Br)CC1)=NO. The van der Waals surface area contributed by atoms with Gasteiger partial charge in [-0.05, 0) is 40.9 Å². The lowest BCUT2D eigenvalue weighted by molar-refractivity contribution is 0.0914. The van der Waals surface area contributed by atoms with E-state index in [4.69, 9.17) is 10.9 Å². The number of halogens is 1. The van der Waals surface area contributed by atoms with E-state index in [2.05, 4.69) is 31.3 Å². The Hall–Kier alpha value is -1.60. The summed E-state index contributed by atoms with van der Waals surface area (Å²) in [7, 11) is 0. The summed E-state index contributed by atoms with van der Waals surface area (Å²) < 4.78 is 0.798. The van der Waals surface area contributed by atoms with Gasteiger partial charge in [0.1, 0.15) is 0 Å². The molecule has 0 aromatic heterocycles. The van der Waals surface area contributed by atoms with Crippen LogP contribution in [0.15, 0.2) is 33.9 Å². The average Bonchev–Trinajstić information content (AvgIpc) is 2.49. The van der Waals surface area contributed by atoms with Crippen molar-refractivity contribution >= 4 is 27.7 Å². The Kier molecular flexibility index (Phi) is 5.58. The summed E-state index contributed by atoms with van der Waals surface area (Å²) >= 11 is 3.39. The van der Waals surface area contributed by atoms with Crippen LogP contribution in [0.25, 0.3) is 0 Å². The van der Waals surface area contributed by atoms with E-state index >= 15 is 0 Å². The number of piperidine rings is 1. The second kappa shape index (κ2) is 7.42. The zero-order valence-corrected chi connectivity index (χ0v) is 13.2. The van der Waals surface area contributed by atoms with Crippen LogP contribution in [0.3, 0.4) is 0 Å². The van der Waals surface area contributed by atoms with Crippen LogP contribution in [-0.4, -0.2) is 47.5 Å². The van der Waals surface area contributed by atoms with Gasteiger partial charge in [-0.3, -0.25) is 9.69 Å². The molecule has 6 nitrogen and oxygen atoms in total. The van der Waals surface area contributed by atoms with Crippen molar-refractivity contribution in [3.8, 4) is 0 Å². The molecule has 0 unspecified atom stereocenters. The smallest absolute Gasteiger partial charge is 0.252 e. The minimum absolute atomic E-state index is 0.0580. The first-order valence-corrected chi connectivity index (χ1v) is 7.63. The number of benzene rings is 1. The van der Waals surface area contributed by atoms with Crippen molar-refractivity contribution < 1.29 is 10.0 Å². The van der Waals surface area contributed by atoms with Crippen molar-refractivity contribution in [2.45, 2.75) is 18.9 Å². The highest BCUT2D eigenvalue weighted by Crippen LogP contribution is 2.17. The van der Waals surface area contributed by atoms with E-state index in [0.717, 1.165) is 30.4 Å². The van der Waals surface area contributed by atoms with Crippen molar-refractivity contribution in [2.24, 2.45) is 10.9 Å². The van der Waals surface area contributed by atoms with Crippen LogP contribution in [-0.2, 0) is 0 Å². The second-order valence-electron chi connectivity index (χ2n) is 5.10. The number of nitrogens with two attached hydrogens (primary N) is 1. The topological polar surface area (TPSA) is 91.0 Å². The molecule has 0 radical (unpaired) electrons. The summed E-state index contributed by atoms with van der Waals surface area (Å²) in [5.74, 6) is 0.156. The number of amidine groups is 1. The zero-order chi connectivity index (χ0) is 15.2. The van der Waals surface area contributed by atoms with E-state index in [9.17, 15) is 4.79 Å². The second-order valence-corrected chi connectivity index (χ2v) is 5.95. The van der Waals surface area contributed by atoms with Gasteiger partial charge in [0.05, 0.1) is 12.1 Å². The van der Waals surface area contributed by atoms with Crippen molar-refractivity contribution in [3.63, 3.8) is 0 Å². The standard InChI is InChI=1S/C14H19BrN4O2/c15-12-4-2-1-3-11(12)14(20)17-10-5-7-19(8-6-10)9-13(16)18-21/h1-4,10,21H,5-9H2,(H2,16,18)(H,17,20). The van der Waals surface area contributed by atoms with E-state index in [1.807, 2.05) is 18.2 Å². The fourth-order valence-electron chi connectivity index (χ4n) is 2.40. The Balaban J connectivity index is 1.84. The molecule has 1 heterocycles. The van der Waals surface area contributed by atoms with Crippen LogP contribution < -0.4 is 11.1 Å². The molecule has 4 N–H and O–H groups in total. The first-order valence-electron chi connectivity index (χ1n) is 6.84. The van der Waals surface area contributed by atoms with Crippen molar-refractivity contribution in [2.75, 3.05) is 19.6 Å². The lowest BCUT2D eigenvalue weighted by Gasteiger charge is -2.31. The van der Waals surface area contributed by atoms with Gasteiger partial charge in [-0.15, -0.1) is 0 Å². The maximum atomic E-state index is 12.2. The molecule has 0 saturated carbocycles. The summed E-state index contributed by atoms with van der Waals surface area (Å²) in [6, 6.07) is 7.54. The highest BCUT2D eigenvalue weighted by Gasteiger charge is 2.22. The zero-order valence-electron chi connectivity index (χ0n) is 11.6. The number of amides is 1. The van der Waals surface area contributed by atoms with E-state index in [-0.39, 0.29) is 17.8 Å². The minimum Gasteiger partial charge on any atom is -0.409 e. The van der Waals surface area contributed by atoms with Crippen LogP contribution in [0, 0.1) is 0 Å². The lowest BCUT2D eigenvalue weighted by Crippen LogP contribution is -2.46. The predicted molar refractivity (Wildman–Crippen MR) is 84.5 cm³/mol. The highest BCUT2D eigenvalue weighted by atomic mass is 79.9. The molecule has 0 spiro atoms. The molecule has 1 fully saturated rings. The summed E-state index contributed by atoms with van der Waals surface area (Å²) in [6.45, 7) is 2.09. The summed E-state index contributed by atoms with van der Waals surface area (Å²) in [4.78, 5) is 14.3. The number of nitrogens with one attached hydrogen (secondary N) is 1. The minimum atomic E-state index is -0.0580. The maximum Gasteiger partial charge on any atom is 0.252 e. The van der Waals surface area contributed by atoms with Gasteiger partial charge in [0.15, 0.2) is 5.84 Å². The number of nitrogens with zero attached hydrogens (tertiary/aromatic N) is 2. The van der Waals surface area contributed by atoms with Gasteiger partial charge < -0.3 is 16.3 Å². The molecule has 1 aromatic rings. The molecule has 114 valence electrons. The molecule has 0 atom stereocenters. The van der Waals surface area contributed by atoms with E-state index in [1.54, 1.807) is 6.07 Å². The van der Waals surface area contributed by atoms with Gasteiger partial charge in [-0.1, -0.05) is 17.3 Å². The van der Waals surface area contributed by atoms with E-state index < -0.39 is 0 Å². The molecular weight excluding hydrogens is 336 g/mol. The Labute approximate surface area is 132 Å². The first kappa shape index (κ1) is 15.8. The van der Waals surface area contributed by atoms with Gasteiger partial charge >= 0.3 is 0 Å². The molecule has 1 aromatic carbocycles. The molecule has 1 saturated heterocycles. The van der Waals surface area contributed by atoms with E-state index in [1.165, 1.54) is 0 Å². The van der Waals surface area contributed by atoms with E-state index in [0.29, 0.717) is 12.1 Å². The Morgan fingerprint density at radius 1 is 1.43 bits per heavy atom. The van der Waals surface area contributed by atoms with Gasteiger partial charge in [0, 0.05) is 23.6 Å². The quantitative estimate of drug-likeness (QED) is 0.330. The third-order valence-electron chi connectivity index (χ3n) is 3.56. The Bertz CT molecular complexity index is 527. The van der Waals surface area contributed by atoms with Crippen LogP contribution in [0.5, 0.6) is 0 Å². The fraction of sp³-hybridized carbons (Fsp3) is 0.429. The molecule has 0 bridgehead atoms. The number of carbonyl (C=O) groups excluding carboxylic acids is 1. The number of rotatable bonds is 4. The predicted octanol–water partition coefficient (Wildman–Crippen LogP) is 1.39. The third kappa shape index (κ3) is 4.44. The number of carbonyl (C=O) groups is 1. The number of likely N-dealkylation sites (tertiary alicyclic amines) is 1. The number of hydrogen-bond donors (Lipinski definition) is 3. The monoisotopic (exact) mass is 354 g/mol. The van der Waals surface area contributed by atoms with Gasteiger partial charge in [-0.2, -0.15) is 0 Å². The summed E-state index contributed by atoms with van der Waals surface area (Å²) in [5, 5.41) is 14.6. The maximum absolute atomic E-state index is 12.2. The average molecular weight is 355 g/mol. The first-order chi connectivity index (χ1) is 10.1. The van der Waals surface area contributed by atoms with Crippen molar-refractivity contribution in [1.82, 2.24) is 10.2 Å². The summed E-state index contributed by atoms with van der Waals surface area (Å²) in [6.07, 6.45) is 1.71. The van der Waals surface area contributed by atoms with Crippen LogP contribution in [0.2, 0.25) is 0 Å². The third-order valence-corrected chi connectivity index (χ3v) is 4.25. The molecule has 2 rings (SSSR count). The van der Waals surface area contributed by atoms with Gasteiger partial charge in [0.2, 0.25) is 0 Å². The lowest BCUT2D eigenvalue weighted by atomic mass is 10.0. The van der Waals surface area contributed by atoms with Gasteiger partial charge in [0.25, 0.3) is 5.91 Å². The Morgan fingerprint density at radius 3 is 2.71 bits per heavy atom. The molecule has 1 amide bonds.